The van der Waals surface area contributed by atoms with Crippen molar-refractivity contribution in [2.75, 3.05) is 20.3 Å². The fraction of sp³-hybridized carbons (Fsp3) is 0.556. The smallest absolute Gasteiger partial charge is 0.346 e. The van der Waals surface area contributed by atoms with Crippen LogP contribution in [0.1, 0.15) is 32.2 Å². The van der Waals surface area contributed by atoms with Gasteiger partial charge in [0.05, 0.1) is 13.7 Å². The number of benzene rings is 1. The third-order valence-electron chi connectivity index (χ3n) is 4.52. The Labute approximate surface area is 147 Å². The summed E-state index contributed by atoms with van der Waals surface area (Å²) < 4.78 is 19.8. The molecule has 136 valence electrons. The predicted octanol–water partition coefficient (Wildman–Crippen LogP) is 2.25. The Balaban J connectivity index is 1.70. The molecule has 1 fully saturated rings. The van der Waals surface area contributed by atoms with Gasteiger partial charge in [0.15, 0.2) is 5.82 Å². The Hall–Kier alpha value is -2.28. The maximum absolute atomic E-state index is 12.6. The number of hydrogen-bond acceptors (Lipinski definition) is 5. The first-order valence-corrected chi connectivity index (χ1v) is 8.70. The fourth-order valence-electron chi connectivity index (χ4n) is 3.08. The quantitative estimate of drug-likeness (QED) is 0.768. The standard InChI is InChI=1S/C18H25N3O4/c1-4-20-17(16-13(2)8-10-25-16)19-21(18(20)22)9-11-24-15-7-5-6-14(12-15)23-3/h5-7,12-13,16H,4,8-11H2,1-3H3/t13-,16+/m1/s1. The SMILES string of the molecule is CCn1c([C@H]2OCC[C@H]2C)nn(CCOc2cccc(OC)c2)c1=O. The van der Waals surface area contributed by atoms with Gasteiger partial charge < -0.3 is 14.2 Å². The van der Waals surface area contributed by atoms with Crippen molar-refractivity contribution in [1.82, 2.24) is 14.3 Å². The number of hydrogen-bond donors (Lipinski definition) is 0. The zero-order chi connectivity index (χ0) is 17.8. The molecule has 7 heteroatoms. The average Bonchev–Trinajstić information content (AvgIpc) is 3.18. The zero-order valence-electron chi connectivity index (χ0n) is 15.0. The van der Waals surface area contributed by atoms with Gasteiger partial charge in [-0.1, -0.05) is 13.0 Å². The summed E-state index contributed by atoms with van der Waals surface area (Å²) in [6.45, 7) is 6.12. The van der Waals surface area contributed by atoms with E-state index in [4.69, 9.17) is 14.2 Å². The van der Waals surface area contributed by atoms with Gasteiger partial charge >= 0.3 is 5.69 Å². The molecule has 0 spiro atoms. The summed E-state index contributed by atoms with van der Waals surface area (Å²) in [7, 11) is 1.61. The van der Waals surface area contributed by atoms with Crippen LogP contribution < -0.4 is 15.2 Å². The van der Waals surface area contributed by atoms with Crippen molar-refractivity contribution in [1.29, 1.82) is 0 Å². The van der Waals surface area contributed by atoms with Crippen LogP contribution in [0.4, 0.5) is 0 Å². The van der Waals surface area contributed by atoms with E-state index in [1.807, 2.05) is 31.2 Å². The van der Waals surface area contributed by atoms with Crippen LogP contribution in [0.3, 0.4) is 0 Å². The van der Waals surface area contributed by atoms with Gasteiger partial charge in [0.25, 0.3) is 0 Å². The van der Waals surface area contributed by atoms with Crippen LogP contribution in [0.5, 0.6) is 11.5 Å². The highest BCUT2D eigenvalue weighted by Gasteiger charge is 2.31. The second-order valence-corrected chi connectivity index (χ2v) is 6.19. The van der Waals surface area contributed by atoms with Gasteiger partial charge in [-0.15, -0.1) is 0 Å². The van der Waals surface area contributed by atoms with Crippen molar-refractivity contribution >= 4 is 0 Å². The maximum Gasteiger partial charge on any atom is 0.346 e. The van der Waals surface area contributed by atoms with Crippen LogP contribution in [0.2, 0.25) is 0 Å². The third kappa shape index (κ3) is 3.71. The first-order chi connectivity index (χ1) is 12.1. The molecule has 0 radical (unpaired) electrons. The van der Waals surface area contributed by atoms with E-state index in [2.05, 4.69) is 12.0 Å². The van der Waals surface area contributed by atoms with E-state index in [-0.39, 0.29) is 11.8 Å². The molecule has 0 saturated carbocycles. The molecule has 1 aliphatic heterocycles. The molecule has 2 aromatic rings. The van der Waals surface area contributed by atoms with E-state index in [0.717, 1.165) is 24.6 Å². The monoisotopic (exact) mass is 347 g/mol. The van der Waals surface area contributed by atoms with Gasteiger partial charge in [0.2, 0.25) is 0 Å². The van der Waals surface area contributed by atoms with E-state index in [1.54, 1.807) is 11.7 Å². The van der Waals surface area contributed by atoms with E-state index in [1.165, 1.54) is 4.68 Å². The summed E-state index contributed by atoms with van der Waals surface area (Å²) in [4.78, 5) is 12.6. The van der Waals surface area contributed by atoms with Gasteiger partial charge in [0, 0.05) is 19.2 Å². The summed E-state index contributed by atoms with van der Waals surface area (Å²) in [5.41, 5.74) is -0.116. The van der Waals surface area contributed by atoms with E-state index >= 15 is 0 Å². The van der Waals surface area contributed by atoms with Crippen molar-refractivity contribution in [3.8, 4) is 11.5 Å². The molecule has 0 amide bonds. The van der Waals surface area contributed by atoms with Crippen molar-refractivity contribution in [3.05, 3.63) is 40.6 Å². The van der Waals surface area contributed by atoms with Crippen LogP contribution in [0, 0.1) is 5.92 Å². The van der Waals surface area contributed by atoms with Crippen molar-refractivity contribution in [3.63, 3.8) is 0 Å². The van der Waals surface area contributed by atoms with E-state index in [9.17, 15) is 4.79 Å². The minimum Gasteiger partial charge on any atom is -0.497 e. The predicted molar refractivity (Wildman–Crippen MR) is 93.1 cm³/mol. The first-order valence-electron chi connectivity index (χ1n) is 8.70. The number of ether oxygens (including phenoxy) is 3. The van der Waals surface area contributed by atoms with E-state index in [0.29, 0.717) is 31.4 Å². The molecule has 1 aromatic carbocycles. The van der Waals surface area contributed by atoms with Crippen LogP contribution in [-0.2, 0) is 17.8 Å². The molecule has 2 atom stereocenters. The minimum absolute atomic E-state index is 0.104. The Morgan fingerprint density at radius 3 is 2.84 bits per heavy atom. The van der Waals surface area contributed by atoms with Gasteiger partial charge in [-0.25, -0.2) is 9.48 Å². The molecule has 0 unspecified atom stereocenters. The fourth-order valence-corrected chi connectivity index (χ4v) is 3.08. The van der Waals surface area contributed by atoms with Gasteiger partial charge in [0.1, 0.15) is 24.2 Å². The Morgan fingerprint density at radius 1 is 1.36 bits per heavy atom. The Morgan fingerprint density at radius 2 is 2.16 bits per heavy atom. The van der Waals surface area contributed by atoms with Crippen LogP contribution in [0.25, 0.3) is 0 Å². The number of nitrogens with zero attached hydrogens (tertiary/aromatic N) is 3. The van der Waals surface area contributed by atoms with Crippen molar-refractivity contribution < 1.29 is 14.2 Å². The molecule has 7 nitrogen and oxygen atoms in total. The average molecular weight is 347 g/mol. The Bertz CT molecular complexity index is 768. The highest BCUT2D eigenvalue weighted by atomic mass is 16.5. The molecule has 1 saturated heterocycles. The summed E-state index contributed by atoms with van der Waals surface area (Å²) in [5, 5.41) is 4.52. The second kappa shape index (κ2) is 7.74. The summed E-state index contributed by atoms with van der Waals surface area (Å²) in [6.07, 6.45) is 0.891. The lowest BCUT2D eigenvalue weighted by Crippen LogP contribution is -2.27. The largest absolute Gasteiger partial charge is 0.497 e. The molecule has 1 aliphatic rings. The van der Waals surface area contributed by atoms with Crippen molar-refractivity contribution in [2.24, 2.45) is 5.92 Å². The highest BCUT2D eigenvalue weighted by Crippen LogP contribution is 2.32. The van der Waals surface area contributed by atoms with Crippen LogP contribution in [0.15, 0.2) is 29.1 Å². The molecular weight excluding hydrogens is 322 g/mol. The third-order valence-corrected chi connectivity index (χ3v) is 4.52. The molecule has 0 aliphatic carbocycles. The van der Waals surface area contributed by atoms with Crippen LogP contribution in [-0.4, -0.2) is 34.7 Å². The topological polar surface area (TPSA) is 67.5 Å². The minimum atomic E-state index is -0.116. The number of methoxy groups -OCH3 is 1. The molecule has 0 bridgehead atoms. The maximum atomic E-state index is 12.6. The van der Waals surface area contributed by atoms with Gasteiger partial charge in [-0.05, 0) is 31.4 Å². The summed E-state index contributed by atoms with van der Waals surface area (Å²) >= 11 is 0. The Kier molecular flexibility index (Phi) is 5.43. The lowest BCUT2D eigenvalue weighted by Gasteiger charge is -2.13. The van der Waals surface area contributed by atoms with Crippen LogP contribution >= 0.6 is 0 Å². The van der Waals surface area contributed by atoms with E-state index < -0.39 is 0 Å². The lowest BCUT2D eigenvalue weighted by atomic mass is 10.0. The second-order valence-electron chi connectivity index (χ2n) is 6.19. The molecule has 1 aromatic heterocycles. The molecule has 0 N–H and O–H groups in total. The van der Waals surface area contributed by atoms with Gasteiger partial charge in [-0.3, -0.25) is 4.57 Å². The molecule has 3 rings (SSSR count). The summed E-state index contributed by atoms with van der Waals surface area (Å²) in [6, 6.07) is 7.39. The van der Waals surface area contributed by atoms with Crippen molar-refractivity contribution in [2.45, 2.75) is 39.5 Å². The molecule has 2 heterocycles. The lowest BCUT2D eigenvalue weighted by molar-refractivity contribution is 0.0835. The van der Waals surface area contributed by atoms with Gasteiger partial charge in [-0.2, -0.15) is 5.10 Å². The summed E-state index contributed by atoms with van der Waals surface area (Å²) in [5.74, 6) is 2.53. The normalized spacial score (nSPS) is 20.0. The number of aromatic nitrogens is 3. The molecule has 25 heavy (non-hydrogen) atoms. The first kappa shape index (κ1) is 17.5. The molecular formula is C18H25N3O4. The number of rotatable bonds is 7. The zero-order valence-corrected chi connectivity index (χ0v) is 15.0. The highest BCUT2D eigenvalue weighted by molar-refractivity contribution is 5.32.